The third kappa shape index (κ3) is 3.07. The van der Waals surface area contributed by atoms with Crippen molar-refractivity contribution in [3.05, 3.63) is 34.3 Å². The minimum atomic E-state index is 0.369. The third-order valence-corrected chi connectivity index (χ3v) is 4.57. The SMILES string of the molecule is CC(CNC1CCc2cc(Cl)ccc21)C(C)(C)C. The molecule has 2 rings (SSSR count). The first-order valence-electron chi connectivity index (χ1n) is 6.89. The highest BCUT2D eigenvalue weighted by Gasteiger charge is 2.25. The molecule has 1 aliphatic rings. The van der Waals surface area contributed by atoms with E-state index < -0.39 is 0 Å². The van der Waals surface area contributed by atoms with Gasteiger partial charge >= 0.3 is 0 Å². The van der Waals surface area contributed by atoms with Crippen molar-refractivity contribution in [2.75, 3.05) is 6.54 Å². The second kappa shape index (κ2) is 5.22. The Kier molecular flexibility index (Phi) is 4.03. The smallest absolute Gasteiger partial charge is 0.0408 e. The van der Waals surface area contributed by atoms with E-state index in [0.29, 0.717) is 17.4 Å². The zero-order chi connectivity index (χ0) is 13.3. The van der Waals surface area contributed by atoms with Crippen molar-refractivity contribution in [2.45, 2.75) is 46.6 Å². The second-order valence-electron chi connectivity index (χ2n) is 6.61. The molecule has 18 heavy (non-hydrogen) atoms. The lowest BCUT2D eigenvalue weighted by Gasteiger charge is -2.29. The van der Waals surface area contributed by atoms with Crippen molar-refractivity contribution in [1.82, 2.24) is 5.32 Å². The summed E-state index contributed by atoms with van der Waals surface area (Å²) in [5, 5.41) is 4.58. The fourth-order valence-electron chi connectivity index (χ4n) is 2.42. The Labute approximate surface area is 116 Å². The van der Waals surface area contributed by atoms with E-state index >= 15 is 0 Å². The van der Waals surface area contributed by atoms with Gasteiger partial charge in [-0.25, -0.2) is 0 Å². The molecule has 1 aliphatic carbocycles. The molecule has 0 radical (unpaired) electrons. The molecule has 1 aromatic rings. The lowest BCUT2D eigenvalue weighted by atomic mass is 9.82. The maximum atomic E-state index is 6.04. The minimum absolute atomic E-state index is 0.369. The predicted molar refractivity (Wildman–Crippen MR) is 79.1 cm³/mol. The van der Waals surface area contributed by atoms with Gasteiger partial charge in [-0.2, -0.15) is 0 Å². The molecule has 2 atom stereocenters. The summed E-state index contributed by atoms with van der Waals surface area (Å²) in [5.41, 5.74) is 3.23. The van der Waals surface area contributed by atoms with Gasteiger partial charge in [-0.15, -0.1) is 0 Å². The molecular formula is C16H24ClN. The number of rotatable bonds is 3. The molecule has 0 spiro atoms. The first kappa shape index (κ1) is 13.9. The van der Waals surface area contributed by atoms with Crippen LogP contribution in [0.5, 0.6) is 0 Å². The summed E-state index contributed by atoms with van der Waals surface area (Å²) < 4.78 is 0. The molecule has 0 saturated heterocycles. The molecule has 1 aromatic carbocycles. The second-order valence-corrected chi connectivity index (χ2v) is 7.05. The van der Waals surface area contributed by atoms with E-state index in [1.807, 2.05) is 6.07 Å². The largest absolute Gasteiger partial charge is 0.310 e. The van der Waals surface area contributed by atoms with Gasteiger partial charge in [0.2, 0.25) is 0 Å². The van der Waals surface area contributed by atoms with Crippen molar-refractivity contribution >= 4 is 11.6 Å². The van der Waals surface area contributed by atoms with Gasteiger partial charge in [-0.3, -0.25) is 0 Å². The zero-order valence-electron chi connectivity index (χ0n) is 11.9. The fourth-order valence-corrected chi connectivity index (χ4v) is 2.62. The Bertz CT molecular complexity index is 420. The van der Waals surface area contributed by atoms with Crippen molar-refractivity contribution in [3.63, 3.8) is 0 Å². The quantitative estimate of drug-likeness (QED) is 0.842. The van der Waals surface area contributed by atoms with E-state index in [9.17, 15) is 0 Å². The highest BCUT2D eigenvalue weighted by molar-refractivity contribution is 6.30. The molecule has 0 saturated carbocycles. The number of aryl methyl sites for hydroxylation is 1. The standard InChI is InChI=1S/C16H24ClN/c1-11(16(2,3)4)10-18-15-8-5-12-9-13(17)6-7-14(12)15/h6-7,9,11,15,18H,5,8,10H2,1-4H3. The topological polar surface area (TPSA) is 12.0 Å². The van der Waals surface area contributed by atoms with Gasteiger partial charge in [0, 0.05) is 11.1 Å². The van der Waals surface area contributed by atoms with E-state index in [1.54, 1.807) is 0 Å². The Balaban J connectivity index is 1.98. The zero-order valence-corrected chi connectivity index (χ0v) is 12.6. The molecule has 0 fully saturated rings. The van der Waals surface area contributed by atoms with Crippen molar-refractivity contribution < 1.29 is 0 Å². The van der Waals surface area contributed by atoms with E-state index in [2.05, 4.69) is 45.1 Å². The molecule has 0 aromatic heterocycles. The Morgan fingerprint density at radius 3 is 2.78 bits per heavy atom. The number of hydrogen-bond donors (Lipinski definition) is 1. The van der Waals surface area contributed by atoms with E-state index in [4.69, 9.17) is 11.6 Å². The molecule has 0 heterocycles. The van der Waals surface area contributed by atoms with Crippen LogP contribution in [0.3, 0.4) is 0 Å². The van der Waals surface area contributed by atoms with Gasteiger partial charge in [0.05, 0.1) is 0 Å². The van der Waals surface area contributed by atoms with E-state index in [-0.39, 0.29) is 0 Å². The molecule has 1 nitrogen and oxygen atoms in total. The molecule has 0 bridgehead atoms. The average molecular weight is 266 g/mol. The first-order chi connectivity index (χ1) is 8.38. The van der Waals surface area contributed by atoms with Crippen LogP contribution in [0.25, 0.3) is 0 Å². The highest BCUT2D eigenvalue weighted by Crippen LogP contribution is 2.33. The molecule has 0 amide bonds. The van der Waals surface area contributed by atoms with Crippen LogP contribution in [0.2, 0.25) is 5.02 Å². The van der Waals surface area contributed by atoms with Gasteiger partial charge in [-0.1, -0.05) is 45.4 Å². The summed E-state index contributed by atoms with van der Waals surface area (Å²) in [6, 6.07) is 6.82. The molecule has 1 N–H and O–H groups in total. The van der Waals surface area contributed by atoms with Gasteiger partial charge in [0.25, 0.3) is 0 Å². The summed E-state index contributed by atoms with van der Waals surface area (Å²) in [7, 11) is 0. The average Bonchev–Trinajstić information content (AvgIpc) is 2.66. The summed E-state index contributed by atoms with van der Waals surface area (Å²) >= 11 is 6.04. The number of hydrogen-bond acceptors (Lipinski definition) is 1. The van der Waals surface area contributed by atoms with Crippen LogP contribution in [0, 0.1) is 11.3 Å². The monoisotopic (exact) mass is 265 g/mol. The number of fused-ring (bicyclic) bond motifs is 1. The van der Waals surface area contributed by atoms with Crippen LogP contribution in [0.4, 0.5) is 0 Å². The first-order valence-corrected chi connectivity index (χ1v) is 7.27. The molecule has 100 valence electrons. The van der Waals surface area contributed by atoms with Crippen molar-refractivity contribution in [3.8, 4) is 0 Å². The van der Waals surface area contributed by atoms with Crippen LogP contribution in [0.15, 0.2) is 18.2 Å². The number of halogens is 1. The number of benzene rings is 1. The molecule has 0 aliphatic heterocycles. The van der Waals surface area contributed by atoms with Gasteiger partial charge < -0.3 is 5.32 Å². The van der Waals surface area contributed by atoms with Crippen LogP contribution in [0.1, 0.15) is 51.3 Å². The Morgan fingerprint density at radius 1 is 1.39 bits per heavy atom. The summed E-state index contributed by atoms with van der Waals surface area (Å²) in [6.45, 7) is 10.3. The molecular weight excluding hydrogens is 242 g/mol. The summed E-state index contributed by atoms with van der Waals surface area (Å²) in [4.78, 5) is 0. The maximum Gasteiger partial charge on any atom is 0.0408 e. The fraction of sp³-hybridized carbons (Fsp3) is 0.625. The summed E-state index contributed by atoms with van der Waals surface area (Å²) in [5.74, 6) is 0.675. The molecule has 2 heteroatoms. The summed E-state index contributed by atoms with van der Waals surface area (Å²) in [6.07, 6.45) is 2.35. The van der Waals surface area contributed by atoms with Crippen LogP contribution < -0.4 is 5.32 Å². The Hall–Kier alpha value is -0.530. The maximum absolute atomic E-state index is 6.04. The third-order valence-electron chi connectivity index (χ3n) is 4.33. The normalized spacial score (nSPS) is 20.8. The van der Waals surface area contributed by atoms with E-state index in [0.717, 1.165) is 18.0 Å². The number of nitrogens with one attached hydrogen (secondary N) is 1. The van der Waals surface area contributed by atoms with Crippen LogP contribution in [-0.4, -0.2) is 6.54 Å². The molecule has 2 unspecified atom stereocenters. The Morgan fingerprint density at radius 2 is 2.11 bits per heavy atom. The van der Waals surface area contributed by atoms with Gasteiger partial charge in [0.15, 0.2) is 0 Å². The minimum Gasteiger partial charge on any atom is -0.310 e. The van der Waals surface area contributed by atoms with E-state index in [1.165, 1.54) is 17.5 Å². The van der Waals surface area contributed by atoms with Crippen LogP contribution in [-0.2, 0) is 6.42 Å². The van der Waals surface area contributed by atoms with Gasteiger partial charge in [0.1, 0.15) is 0 Å². The predicted octanol–water partition coefficient (Wildman–Crippen LogP) is 4.60. The van der Waals surface area contributed by atoms with Crippen molar-refractivity contribution in [1.29, 1.82) is 0 Å². The van der Waals surface area contributed by atoms with Crippen LogP contribution >= 0.6 is 11.6 Å². The van der Waals surface area contributed by atoms with Crippen molar-refractivity contribution in [2.24, 2.45) is 11.3 Å². The van der Waals surface area contributed by atoms with Gasteiger partial charge in [-0.05, 0) is 54.0 Å². The highest BCUT2D eigenvalue weighted by atomic mass is 35.5. The lowest BCUT2D eigenvalue weighted by Crippen LogP contribution is -2.31. The lowest BCUT2D eigenvalue weighted by molar-refractivity contribution is 0.245.